The fraction of sp³-hybridized carbons (Fsp3) is 0.462. The van der Waals surface area contributed by atoms with E-state index in [0.29, 0.717) is 12.1 Å². The predicted molar refractivity (Wildman–Crippen MR) is 80.9 cm³/mol. The Balaban J connectivity index is 3.19. The minimum Gasteiger partial charge on any atom is -0.466 e. The first-order valence-corrected chi connectivity index (χ1v) is 8.36. The van der Waals surface area contributed by atoms with E-state index < -0.39 is 36.8 Å². The normalized spacial score (nSPS) is 11.9. The van der Waals surface area contributed by atoms with Crippen LogP contribution < -0.4 is 4.90 Å². The highest BCUT2D eigenvalue weighted by molar-refractivity contribution is 7.92. The van der Waals surface area contributed by atoms with Gasteiger partial charge in [-0.05, 0) is 19.1 Å². The quantitative estimate of drug-likeness (QED) is 0.403. The lowest BCUT2D eigenvalue weighted by atomic mass is 10.2. The van der Waals surface area contributed by atoms with E-state index in [4.69, 9.17) is 4.74 Å². The maximum atomic E-state index is 12.6. The average molecular weight is 384 g/mol. The van der Waals surface area contributed by atoms with Crippen LogP contribution in [0.5, 0.6) is 0 Å². The number of nitrogens with zero attached hydrogens (tertiary/aromatic N) is 2. The van der Waals surface area contributed by atoms with Crippen LogP contribution in [0.25, 0.3) is 0 Å². The Morgan fingerprint density at radius 2 is 1.96 bits per heavy atom. The molecule has 0 amide bonds. The number of benzene rings is 1. The van der Waals surface area contributed by atoms with Gasteiger partial charge in [0.2, 0.25) is 0 Å². The molecule has 0 saturated heterocycles. The van der Waals surface area contributed by atoms with Crippen molar-refractivity contribution in [2.24, 2.45) is 0 Å². The van der Waals surface area contributed by atoms with Crippen molar-refractivity contribution < 1.29 is 36.0 Å². The summed E-state index contributed by atoms with van der Waals surface area (Å²) in [6.07, 6.45) is -0.107. The molecule has 1 aromatic rings. The van der Waals surface area contributed by atoms with Crippen LogP contribution in [0.3, 0.4) is 0 Å². The number of hydrogen-bond acceptors (Lipinski definition) is 7. The van der Waals surface area contributed by atoms with E-state index in [2.05, 4.69) is 0 Å². The third-order valence-corrected chi connectivity index (χ3v) is 4.61. The lowest BCUT2D eigenvalue weighted by Crippen LogP contribution is -2.25. The van der Waals surface area contributed by atoms with Crippen molar-refractivity contribution in [1.29, 1.82) is 0 Å². The molecule has 0 fully saturated rings. The number of esters is 1. The highest BCUT2D eigenvalue weighted by atomic mass is 32.2. The van der Waals surface area contributed by atoms with E-state index in [1.54, 1.807) is 6.92 Å². The van der Waals surface area contributed by atoms with Gasteiger partial charge < -0.3 is 9.64 Å². The van der Waals surface area contributed by atoms with E-state index in [-0.39, 0.29) is 25.3 Å². The van der Waals surface area contributed by atoms with Crippen molar-refractivity contribution in [3.05, 3.63) is 28.3 Å². The lowest BCUT2D eigenvalue weighted by molar-refractivity contribution is -0.384. The largest absolute Gasteiger partial charge is 0.501 e. The van der Waals surface area contributed by atoms with Crippen molar-refractivity contribution >= 4 is 27.2 Å². The van der Waals surface area contributed by atoms with Gasteiger partial charge >= 0.3 is 11.5 Å². The summed E-state index contributed by atoms with van der Waals surface area (Å²) in [6, 6.07) is 1.87. The van der Waals surface area contributed by atoms with E-state index in [1.807, 2.05) is 0 Å². The summed E-state index contributed by atoms with van der Waals surface area (Å²) in [5.41, 5.74) is -6.52. The first-order chi connectivity index (χ1) is 11.4. The molecule has 140 valence electrons. The highest BCUT2D eigenvalue weighted by Gasteiger charge is 2.47. The number of alkyl halides is 3. The number of hydrogen-bond donors (Lipinski definition) is 0. The number of anilines is 1. The number of sulfone groups is 1. The average Bonchev–Trinajstić information content (AvgIpc) is 2.51. The van der Waals surface area contributed by atoms with Gasteiger partial charge in [0.25, 0.3) is 15.5 Å². The molecule has 0 radical (unpaired) electrons. The molecule has 0 atom stereocenters. The molecule has 0 N–H and O–H groups in total. The molecule has 8 nitrogen and oxygen atoms in total. The molecule has 0 aromatic heterocycles. The van der Waals surface area contributed by atoms with Crippen molar-refractivity contribution in [3.8, 4) is 0 Å². The van der Waals surface area contributed by atoms with Crippen LogP contribution in [-0.2, 0) is 19.4 Å². The Morgan fingerprint density at radius 1 is 1.36 bits per heavy atom. The molecular weight excluding hydrogens is 369 g/mol. The topological polar surface area (TPSA) is 107 Å². The fourth-order valence-electron chi connectivity index (χ4n) is 1.89. The molecule has 1 aromatic carbocycles. The van der Waals surface area contributed by atoms with Gasteiger partial charge in [0.15, 0.2) is 0 Å². The number of nitro groups is 1. The zero-order valence-corrected chi connectivity index (χ0v) is 14.1. The molecule has 0 bridgehead atoms. The maximum Gasteiger partial charge on any atom is 0.501 e. The first kappa shape index (κ1) is 20.7. The summed E-state index contributed by atoms with van der Waals surface area (Å²) in [5.74, 6) is -0.548. The van der Waals surface area contributed by atoms with Gasteiger partial charge in [0.05, 0.1) is 22.8 Å². The van der Waals surface area contributed by atoms with Gasteiger partial charge in [-0.15, -0.1) is 0 Å². The van der Waals surface area contributed by atoms with E-state index >= 15 is 0 Å². The molecule has 0 heterocycles. The van der Waals surface area contributed by atoms with Crippen LogP contribution in [0.2, 0.25) is 0 Å². The molecular formula is C13H15F3N2O6S. The zero-order valence-electron chi connectivity index (χ0n) is 13.2. The van der Waals surface area contributed by atoms with Gasteiger partial charge in [-0.3, -0.25) is 14.9 Å². The number of rotatable bonds is 7. The molecule has 0 saturated carbocycles. The monoisotopic (exact) mass is 384 g/mol. The Morgan fingerprint density at radius 3 is 2.44 bits per heavy atom. The number of halogens is 3. The van der Waals surface area contributed by atoms with Gasteiger partial charge in [0, 0.05) is 19.7 Å². The minimum absolute atomic E-state index is 0.00889. The maximum absolute atomic E-state index is 12.6. The molecule has 25 heavy (non-hydrogen) atoms. The zero-order chi connectivity index (χ0) is 19.4. The summed E-state index contributed by atoms with van der Waals surface area (Å²) in [6.45, 7) is 1.75. The Labute approximate surface area is 141 Å². The van der Waals surface area contributed by atoms with Crippen LogP contribution in [-0.4, -0.2) is 45.0 Å². The van der Waals surface area contributed by atoms with Crippen LogP contribution in [0.15, 0.2) is 23.1 Å². The van der Waals surface area contributed by atoms with Gasteiger partial charge in [-0.1, -0.05) is 0 Å². The first-order valence-electron chi connectivity index (χ1n) is 6.88. The highest BCUT2D eigenvalue weighted by Crippen LogP contribution is 2.35. The number of ether oxygens (including phenoxy) is 1. The molecule has 12 heteroatoms. The predicted octanol–water partition coefficient (Wildman–Crippen LogP) is 2.28. The number of nitro benzene ring substituents is 1. The Bertz CT molecular complexity index is 764. The number of carbonyl (C=O) groups excluding carboxylic acids is 1. The Hall–Kier alpha value is -2.37. The SMILES string of the molecule is CCOC(=O)CCN(C)c1ccc(S(=O)(=O)C(F)(F)F)cc1[N+](=O)[O-]. The van der Waals surface area contributed by atoms with E-state index in [1.165, 1.54) is 11.9 Å². The van der Waals surface area contributed by atoms with Crippen LogP contribution in [0, 0.1) is 10.1 Å². The molecule has 0 spiro atoms. The lowest BCUT2D eigenvalue weighted by Gasteiger charge is -2.19. The standard InChI is InChI=1S/C13H15F3N2O6S/c1-3-24-12(19)6-7-17(2)10-5-4-9(8-11(10)18(20)21)25(22,23)13(14,15)16/h4-5,8H,3,6-7H2,1-2H3. The van der Waals surface area contributed by atoms with Gasteiger partial charge in [-0.25, -0.2) is 8.42 Å². The van der Waals surface area contributed by atoms with Crippen molar-refractivity contribution in [2.45, 2.75) is 23.7 Å². The van der Waals surface area contributed by atoms with Crippen molar-refractivity contribution in [2.75, 3.05) is 25.1 Å². The van der Waals surface area contributed by atoms with E-state index in [9.17, 15) is 36.5 Å². The fourth-order valence-corrected chi connectivity index (χ4v) is 2.67. The van der Waals surface area contributed by atoms with Gasteiger partial charge in [0.1, 0.15) is 5.69 Å². The summed E-state index contributed by atoms with van der Waals surface area (Å²) in [4.78, 5) is 21.4. The van der Waals surface area contributed by atoms with Crippen LogP contribution in [0.1, 0.15) is 13.3 Å². The third kappa shape index (κ3) is 4.81. The summed E-state index contributed by atoms with van der Waals surface area (Å²) in [7, 11) is -4.33. The summed E-state index contributed by atoms with van der Waals surface area (Å²) < 4.78 is 65.2. The second kappa shape index (κ2) is 7.68. The summed E-state index contributed by atoms with van der Waals surface area (Å²) in [5, 5.41) is 11.1. The van der Waals surface area contributed by atoms with Crippen LogP contribution >= 0.6 is 0 Å². The second-order valence-electron chi connectivity index (χ2n) is 4.83. The summed E-state index contributed by atoms with van der Waals surface area (Å²) >= 11 is 0. The molecule has 0 aliphatic carbocycles. The minimum atomic E-state index is -5.71. The van der Waals surface area contributed by atoms with Gasteiger partial charge in [-0.2, -0.15) is 13.2 Å². The molecule has 0 aliphatic rings. The Kier molecular flexibility index (Phi) is 6.35. The molecule has 0 unspecified atom stereocenters. The van der Waals surface area contributed by atoms with E-state index in [0.717, 1.165) is 6.07 Å². The number of carbonyl (C=O) groups is 1. The third-order valence-electron chi connectivity index (χ3n) is 3.13. The molecule has 1 rings (SSSR count). The van der Waals surface area contributed by atoms with Crippen LogP contribution in [0.4, 0.5) is 24.5 Å². The smallest absolute Gasteiger partial charge is 0.466 e. The van der Waals surface area contributed by atoms with Crippen molar-refractivity contribution in [3.63, 3.8) is 0 Å². The second-order valence-corrected chi connectivity index (χ2v) is 6.77. The van der Waals surface area contributed by atoms with Crippen molar-refractivity contribution in [1.82, 2.24) is 0 Å². The molecule has 0 aliphatic heterocycles.